The van der Waals surface area contributed by atoms with Crippen molar-refractivity contribution in [2.24, 2.45) is 11.7 Å². The van der Waals surface area contributed by atoms with Crippen molar-refractivity contribution in [3.05, 3.63) is 151 Å². The highest BCUT2D eigenvalue weighted by Gasteiger charge is 2.39. The molecule has 3 aromatic heterocycles. The molecule has 2 aliphatic heterocycles. The molecule has 5 N–H and O–H groups in total. The van der Waals surface area contributed by atoms with Crippen LogP contribution in [-0.2, 0) is 14.3 Å². The topological polar surface area (TPSA) is 192 Å². The Bertz CT molecular complexity index is 2810. The van der Waals surface area contributed by atoms with Crippen LogP contribution in [0.3, 0.4) is 0 Å². The Hall–Kier alpha value is -7.61. The van der Waals surface area contributed by atoms with Gasteiger partial charge < -0.3 is 35.6 Å². The van der Waals surface area contributed by atoms with Gasteiger partial charge in [-0.15, -0.1) is 0 Å². The number of nitrogens with zero attached hydrogens (tertiary/aromatic N) is 5. The van der Waals surface area contributed by atoms with Gasteiger partial charge in [-0.05, 0) is 88.9 Å². The van der Waals surface area contributed by atoms with Gasteiger partial charge in [0, 0.05) is 31.0 Å². The highest BCUT2D eigenvalue weighted by Crippen LogP contribution is 2.36. The minimum atomic E-state index is -0.963. The van der Waals surface area contributed by atoms with E-state index in [0.29, 0.717) is 35.9 Å². The van der Waals surface area contributed by atoms with Crippen LogP contribution in [-0.4, -0.2) is 77.7 Å². The smallest absolute Gasteiger partial charge is 0.405 e. The first-order valence-corrected chi connectivity index (χ1v) is 21.7. The van der Waals surface area contributed by atoms with E-state index in [1.54, 1.807) is 29.4 Å². The Labute approximate surface area is 370 Å². The molecule has 2 saturated heterocycles. The number of primary amides is 1. The number of carbonyl (C=O) groups is 4. The predicted octanol–water partition coefficient (Wildman–Crippen LogP) is 8.30. The first-order valence-electron chi connectivity index (χ1n) is 21.7. The van der Waals surface area contributed by atoms with Crippen molar-refractivity contribution in [3.8, 4) is 33.6 Å². The molecule has 7 aromatic rings. The lowest BCUT2D eigenvalue weighted by Crippen LogP contribution is -2.44. The van der Waals surface area contributed by atoms with Gasteiger partial charge in [0.2, 0.25) is 5.91 Å². The highest BCUT2D eigenvalue weighted by molar-refractivity contribution is 5.98. The van der Waals surface area contributed by atoms with Gasteiger partial charge in [-0.1, -0.05) is 92.7 Å². The Balaban J connectivity index is 0.874. The van der Waals surface area contributed by atoms with E-state index in [1.165, 1.54) is 6.20 Å². The average Bonchev–Trinajstić information content (AvgIpc) is 4.17. The molecule has 324 valence electrons. The van der Waals surface area contributed by atoms with Crippen LogP contribution in [0.5, 0.6) is 0 Å². The Morgan fingerprint density at radius 2 is 1.27 bits per heavy atom. The number of H-pyrrole nitrogens is 2. The van der Waals surface area contributed by atoms with Gasteiger partial charge in [0.25, 0.3) is 11.8 Å². The zero-order valence-corrected chi connectivity index (χ0v) is 35.6. The molecule has 9 rings (SSSR count). The summed E-state index contributed by atoms with van der Waals surface area (Å²) in [6.45, 7) is 4.76. The van der Waals surface area contributed by atoms with Crippen molar-refractivity contribution >= 4 is 34.6 Å². The van der Waals surface area contributed by atoms with Crippen LogP contribution in [0.4, 0.5) is 4.79 Å². The molecule has 4 atom stereocenters. The maximum absolute atomic E-state index is 14.3. The van der Waals surface area contributed by atoms with Crippen molar-refractivity contribution < 1.29 is 23.9 Å². The molecule has 5 heterocycles. The van der Waals surface area contributed by atoms with E-state index < -0.39 is 18.2 Å². The number of aromatic amines is 2. The van der Waals surface area contributed by atoms with Crippen molar-refractivity contribution in [2.45, 2.75) is 63.8 Å². The summed E-state index contributed by atoms with van der Waals surface area (Å²) in [4.78, 5) is 76.5. The third-order valence-electron chi connectivity index (χ3n) is 12.2. The van der Waals surface area contributed by atoms with Crippen molar-refractivity contribution in [3.63, 3.8) is 0 Å². The number of likely N-dealkylation sites (tertiary alicyclic amines) is 2. The second kappa shape index (κ2) is 18.0. The number of nitrogens with one attached hydrogen (secondary N) is 3. The summed E-state index contributed by atoms with van der Waals surface area (Å²) in [7, 11) is 0. The summed E-state index contributed by atoms with van der Waals surface area (Å²) in [5.41, 5.74) is 12.2. The molecule has 2 fully saturated rings. The largest absolute Gasteiger partial charge is 0.436 e. The number of imidazole rings is 2. The van der Waals surface area contributed by atoms with Gasteiger partial charge in [-0.25, -0.2) is 14.8 Å². The number of rotatable bonds is 12. The molecule has 0 radical (unpaired) electrons. The molecule has 4 aromatic carbocycles. The van der Waals surface area contributed by atoms with Crippen LogP contribution in [0.15, 0.2) is 128 Å². The highest BCUT2D eigenvalue weighted by atomic mass is 16.6. The third kappa shape index (κ3) is 8.58. The minimum Gasteiger partial charge on any atom is -0.436 e. The van der Waals surface area contributed by atoms with Crippen LogP contribution >= 0.6 is 0 Å². The fourth-order valence-electron chi connectivity index (χ4n) is 8.94. The Morgan fingerprint density at radius 1 is 0.688 bits per heavy atom. The SMILES string of the molecule is CC(C)C(OC(N)=O)C(=O)N1CCCC1c1ncc(-c2ccc3cc(-c4ccc(-c5cnc(C6CCCN6C(=O)C(NC(=O)c6cccnc6)c6ccccc6)[nH]5)cc4)ccc3c2)[nH]1. The van der Waals surface area contributed by atoms with Crippen molar-refractivity contribution in [2.75, 3.05) is 13.1 Å². The van der Waals surface area contributed by atoms with E-state index in [1.807, 2.05) is 55.3 Å². The number of hydrogen-bond donors (Lipinski definition) is 4. The van der Waals surface area contributed by atoms with E-state index in [-0.39, 0.29) is 35.7 Å². The van der Waals surface area contributed by atoms with Gasteiger partial charge in [0.15, 0.2) is 6.10 Å². The lowest BCUT2D eigenvalue weighted by atomic mass is 9.98. The van der Waals surface area contributed by atoms with Crippen LogP contribution < -0.4 is 11.1 Å². The molecule has 0 spiro atoms. The number of aromatic nitrogens is 5. The number of ether oxygens (including phenoxy) is 1. The molecule has 0 bridgehead atoms. The fourth-order valence-corrected chi connectivity index (χ4v) is 8.94. The number of nitrogens with two attached hydrogens (primary N) is 1. The summed E-state index contributed by atoms with van der Waals surface area (Å²) in [6, 6.07) is 32.3. The predicted molar refractivity (Wildman–Crippen MR) is 242 cm³/mol. The number of benzene rings is 4. The quantitative estimate of drug-likeness (QED) is 0.0943. The summed E-state index contributed by atoms with van der Waals surface area (Å²) in [5.74, 6) is 0.362. The lowest BCUT2D eigenvalue weighted by molar-refractivity contribution is -0.143. The zero-order chi connectivity index (χ0) is 44.3. The molecule has 4 amide bonds. The van der Waals surface area contributed by atoms with Gasteiger partial charge >= 0.3 is 6.09 Å². The minimum absolute atomic E-state index is 0.188. The van der Waals surface area contributed by atoms with Gasteiger partial charge in [0.05, 0.1) is 41.4 Å². The molecule has 0 saturated carbocycles. The molecular formula is C50H49N9O5. The zero-order valence-electron chi connectivity index (χ0n) is 35.6. The maximum Gasteiger partial charge on any atom is 0.405 e. The lowest BCUT2D eigenvalue weighted by Gasteiger charge is -2.29. The van der Waals surface area contributed by atoms with E-state index in [4.69, 9.17) is 15.5 Å². The number of hydrogen-bond acceptors (Lipinski definition) is 8. The van der Waals surface area contributed by atoms with E-state index in [0.717, 1.165) is 70.1 Å². The van der Waals surface area contributed by atoms with Crippen LogP contribution in [0.25, 0.3) is 44.4 Å². The molecule has 0 aliphatic carbocycles. The van der Waals surface area contributed by atoms with Gasteiger partial charge in [0.1, 0.15) is 17.7 Å². The molecule has 64 heavy (non-hydrogen) atoms. The standard InChI is InChI=1S/C50H49N9O5/c1-30(2)44(64-50(51)63)49(62)59-24-8-13-42(59)46-54-29-40(56-46)37-21-20-35-25-34(18-19-36(35)26-37)31-14-16-32(17-15-31)39-28-53-45(55-39)41-12-7-23-58(41)48(61)43(33-9-4-3-5-10-33)57-47(60)38-11-6-22-52-27-38/h3-6,9-11,14-22,25-30,41-44H,7-8,12-13,23-24H2,1-2H3,(H2,51,63)(H,53,55)(H,54,56)(H,57,60). The van der Waals surface area contributed by atoms with Crippen LogP contribution in [0, 0.1) is 5.92 Å². The van der Waals surface area contributed by atoms with Crippen LogP contribution in [0.1, 0.15) is 85.2 Å². The monoisotopic (exact) mass is 855 g/mol. The summed E-state index contributed by atoms with van der Waals surface area (Å²) in [5, 5.41) is 5.13. The number of carbonyl (C=O) groups excluding carboxylic acids is 4. The molecule has 2 aliphatic rings. The van der Waals surface area contributed by atoms with Crippen molar-refractivity contribution in [1.29, 1.82) is 0 Å². The van der Waals surface area contributed by atoms with Gasteiger partial charge in [-0.3, -0.25) is 19.4 Å². The first-order chi connectivity index (χ1) is 31.1. The number of pyridine rings is 1. The Kier molecular flexibility index (Phi) is 11.7. The van der Waals surface area contributed by atoms with Crippen molar-refractivity contribution in [1.82, 2.24) is 40.0 Å². The first kappa shape index (κ1) is 41.7. The van der Waals surface area contributed by atoms with Crippen LogP contribution in [0.2, 0.25) is 0 Å². The number of amides is 4. The van der Waals surface area contributed by atoms with E-state index >= 15 is 0 Å². The normalized spacial score (nSPS) is 17.1. The second-order valence-corrected chi connectivity index (χ2v) is 16.8. The second-order valence-electron chi connectivity index (χ2n) is 16.8. The number of fused-ring (bicyclic) bond motifs is 1. The Morgan fingerprint density at radius 3 is 1.88 bits per heavy atom. The molecule has 14 heteroatoms. The third-order valence-corrected chi connectivity index (χ3v) is 12.2. The van der Waals surface area contributed by atoms with Gasteiger partial charge in [-0.2, -0.15) is 0 Å². The molecular weight excluding hydrogens is 807 g/mol. The summed E-state index contributed by atoms with van der Waals surface area (Å²) >= 11 is 0. The molecule has 4 unspecified atom stereocenters. The summed E-state index contributed by atoms with van der Waals surface area (Å²) < 4.78 is 5.20. The maximum atomic E-state index is 14.3. The molecule has 14 nitrogen and oxygen atoms in total. The fraction of sp³-hybridized carbons (Fsp3) is 0.260. The van der Waals surface area contributed by atoms with E-state index in [9.17, 15) is 19.2 Å². The summed E-state index contributed by atoms with van der Waals surface area (Å²) in [6.07, 6.45) is 7.93. The van der Waals surface area contributed by atoms with E-state index in [2.05, 4.69) is 85.9 Å². The average molecular weight is 856 g/mol.